The van der Waals surface area contributed by atoms with Gasteiger partial charge in [0.05, 0.1) is 0 Å². The number of hydrogen-bond acceptors (Lipinski definition) is 0. The first-order chi connectivity index (χ1) is 6.49. The molecule has 0 heterocycles. The Kier molecular flexibility index (Phi) is 4.14. The van der Waals surface area contributed by atoms with Gasteiger partial charge in [0.15, 0.2) is 0 Å². The zero-order chi connectivity index (χ0) is 10.6. The minimum absolute atomic E-state index is 0.0490. The van der Waals surface area contributed by atoms with Crippen molar-refractivity contribution in [1.82, 2.24) is 0 Å². The van der Waals surface area contributed by atoms with Crippen molar-refractivity contribution in [3.05, 3.63) is 35.9 Å². The van der Waals surface area contributed by atoms with Crippen molar-refractivity contribution in [3.63, 3.8) is 0 Å². The SMILES string of the molecule is C[Si](C)C[Si](C)(C)Cc1ccccc1. The predicted molar refractivity (Wildman–Crippen MR) is 69.9 cm³/mol. The Morgan fingerprint density at radius 2 is 1.64 bits per heavy atom. The number of rotatable bonds is 4. The second-order valence-electron chi connectivity index (χ2n) is 5.21. The molecule has 1 aromatic rings. The molecule has 0 saturated heterocycles. The summed E-state index contributed by atoms with van der Waals surface area (Å²) in [6.07, 6.45) is 0. The van der Waals surface area contributed by atoms with E-state index in [0.717, 1.165) is 0 Å². The fourth-order valence-corrected chi connectivity index (χ4v) is 11.7. The molecule has 0 nitrogen and oxygen atoms in total. The predicted octanol–water partition coefficient (Wildman–Crippen LogP) is 3.77. The monoisotopic (exact) mass is 221 g/mol. The van der Waals surface area contributed by atoms with Gasteiger partial charge in [0.1, 0.15) is 0 Å². The Labute approximate surface area is 91.0 Å². The summed E-state index contributed by atoms with van der Waals surface area (Å²) in [6.45, 7) is 9.92. The maximum Gasteiger partial charge on any atom is 0.0489 e. The maximum atomic E-state index is 2.53. The smallest absolute Gasteiger partial charge is 0.0489 e. The van der Waals surface area contributed by atoms with Gasteiger partial charge in [-0.25, -0.2) is 0 Å². The molecule has 0 aromatic heterocycles. The van der Waals surface area contributed by atoms with Crippen LogP contribution in [0.1, 0.15) is 5.56 Å². The van der Waals surface area contributed by atoms with Crippen molar-refractivity contribution in [3.8, 4) is 0 Å². The largest absolute Gasteiger partial charge is 0.0715 e. The molecule has 0 amide bonds. The van der Waals surface area contributed by atoms with E-state index in [2.05, 4.69) is 56.5 Å². The lowest BCUT2D eigenvalue weighted by Gasteiger charge is -2.24. The molecule has 0 atom stereocenters. The fraction of sp³-hybridized carbons (Fsp3) is 0.500. The van der Waals surface area contributed by atoms with E-state index < -0.39 is 8.07 Å². The van der Waals surface area contributed by atoms with Crippen molar-refractivity contribution >= 4 is 16.9 Å². The minimum atomic E-state index is -0.962. The zero-order valence-electron chi connectivity index (χ0n) is 9.80. The Balaban J connectivity index is 2.59. The molecule has 1 aromatic carbocycles. The fourth-order valence-electron chi connectivity index (χ4n) is 2.17. The van der Waals surface area contributed by atoms with Crippen molar-refractivity contribution < 1.29 is 0 Å². The van der Waals surface area contributed by atoms with E-state index in [1.54, 1.807) is 0 Å². The lowest BCUT2D eigenvalue weighted by molar-refractivity contribution is 1.29. The number of hydrogen-bond donors (Lipinski definition) is 0. The molecule has 1 rings (SSSR count). The van der Waals surface area contributed by atoms with Gasteiger partial charge in [-0.3, -0.25) is 0 Å². The Morgan fingerprint density at radius 3 is 2.14 bits per heavy atom. The van der Waals surface area contributed by atoms with E-state index in [1.807, 2.05) is 0 Å². The second kappa shape index (κ2) is 4.94. The van der Waals surface area contributed by atoms with Gasteiger partial charge >= 0.3 is 0 Å². The Morgan fingerprint density at radius 1 is 1.07 bits per heavy atom. The van der Waals surface area contributed by atoms with Crippen LogP contribution in [0.2, 0.25) is 31.9 Å². The molecular weight excluding hydrogens is 200 g/mol. The topological polar surface area (TPSA) is 0 Å². The van der Waals surface area contributed by atoms with Crippen LogP contribution in [-0.4, -0.2) is 16.9 Å². The van der Waals surface area contributed by atoms with Gasteiger partial charge in [-0.05, 0) is 6.04 Å². The zero-order valence-corrected chi connectivity index (χ0v) is 11.8. The highest BCUT2D eigenvalue weighted by Crippen LogP contribution is 2.17. The summed E-state index contributed by atoms with van der Waals surface area (Å²) in [5, 5.41) is 0. The summed E-state index contributed by atoms with van der Waals surface area (Å²) >= 11 is 0. The van der Waals surface area contributed by atoms with Crippen molar-refractivity contribution in [2.24, 2.45) is 0 Å². The summed E-state index contributed by atoms with van der Waals surface area (Å²) in [5.74, 6) is 0. The molecule has 0 unspecified atom stereocenters. The Hall–Kier alpha value is -0.346. The lowest BCUT2D eigenvalue weighted by atomic mass is 10.2. The lowest BCUT2D eigenvalue weighted by Crippen LogP contribution is -2.33. The summed E-state index contributed by atoms with van der Waals surface area (Å²) in [4.78, 5) is 0. The molecule has 0 saturated carbocycles. The van der Waals surface area contributed by atoms with Crippen LogP contribution in [0.3, 0.4) is 0 Å². The van der Waals surface area contributed by atoms with Crippen LogP contribution < -0.4 is 0 Å². The summed E-state index contributed by atoms with van der Waals surface area (Å²) in [6, 6.07) is 12.3. The van der Waals surface area contributed by atoms with Crippen LogP contribution in [0.25, 0.3) is 0 Å². The Bertz CT molecular complexity index is 265. The van der Waals surface area contributed by atoms with Gasteiger partial charge < -0.3 is 0 Å². The molecular formula is C12H21Si2. The van der Waals surface area contributed by atoms with E-state index in [4.69, 9.17) is 0 Å². The van der Waals surface area contributed by atoms with Gasteiger partial charge in [-0.1, -0.05) is 67.8 Å². The van der Waals surface area contributed by atoms with Crippen LogP contribution in [0.4, 0.5) is 0 Å². The van der Waals surface area contributed by atoms with E-state index in [0.29, 0.717) is 0 Å². The number of benzene rings is 1. The third kappa shape index (κ3) is 4.24. The van der Waals surface area contributed by atoms with Crippen LogP contribution in [0.15, 0.2) is 30.3 Å². The quantitative estimate of drug-likeness (QED) is 0.679. The van der Waals surface area contributed by atoms with Crippen molar-refractivity contribution in [1.29, 1.82) is 0 Å². The molecule has 0 aliphatic heterocycles. The van der Waals surface area contributed by atoms with Crippen LogP contribution in [-0.2, 0) is 6.04 Å². The van der Waals surface area contributed by atoms with Gasteiger partial charge in [-0.2, -0.15) is 0 Å². The average molecular weight is 221 g/mol. The van der Waals surface area contributed by atoms with Crippen molar-refractivity contribution in [2.75, 3.05) is 0 Å². The second-order valence-corrected chi connectivity index (χ2v) is 13.7. The normalized spacial score (nSPS) is 12.1. The van der Waals surface area contributed by atoms with Crippen LogP contribution >= 0.6 is 0 Å². The first-order valence-corrected chi connectivity index (χ1v) is 11.4. The molecule has 0 bridgehead atoms. The molecule has 2 heteroatoms. The third-order valence-electron chi connectivity index (χ3n) is 2.36. The molecule has 0 aliphatic carbocycles. The first-order valence-electron chi connectivity index (χ1n) is 5.32. The summed E-state index contributed by atoms with van der Waals surface area (Å²) in [7, 11) is -1.01. The standard InChI is InChI=1S/C12H21Si2/c1-13(2)11-14(3,4)10-12-8-6-5-7-9-12/h5-9H,10-11H2,1-4H3. The van der Waals surface area contributed by atoms with E-state index in [9.17, 15) is 0 Å². The van der Waals surface area contributed by atoms with E-state index >= 15 is 0 Å². The van der Waals surface area contributed by atoms with Gasteiger partial charge in [0.25, 0.3) is 0 Å². The highest BCUT2D eigenvalue weighted by atomic mass is 28.4. The van der Waals surface area contributed by atoms with E-state index in [-0.39, 0.29) is 8.80 Å². The van der Waals surface area contributed by atoms with Gasteiger partial charge in [-0.15, -0.1) is 0 Å². The molecule has 0 aliphatic rings. The van der Waals surface area contributed by atoms with Gasteiger partial charge in [0.2, 0.25) is 0 Å². The molecule has 77 valence electrons. The summed E-state index contributed by atoms with van der Waals surface area (Å²) in [5.41, 5.74) is 3.07. The van der Waals surface area contributed by atoms with E-state index in [1.165, 1.54) is 17.3 Å². The molecule has 0 fully saturated rings. The molecule has 0 N–H and O–H groups in total. The van der Waals surface area contributed by atoms with Crippen molar-refractivity contribution in [2.45, 2.75) is 37.9 Å². The third-order valence-corrected chi connectivity index (χ3v) is 10.4. The molecule has 1 radical (unpaired) electrons. The van der Waals surface area contributed by atoms with Gasteiger partial charge in [0, 0.05) is 16.9 Å². The minimum Gasteiger partial charge on any atom is -0.0715 e. The van der Waals surface area contributed by atoms with Crippen LogP contribution in [0.5, 0.6) is 0 Å². The maximum absolute atomic E-state index is 2.53. The average Bonchev–Trinajstić information content (AvgIpc) is 2.02. The highest BCUT2D eigenvalue weighted by molar-refractivity contribution is 6.87. The highest BCUT2D eigenvalue weighted by Gasteiger charge is 2.22. The molecule has 0 spiro atoms. The first kappa shape index (κ1) is 11.7. The van der Waals surface area contributed by atoms with Crippen LogP contribution in [0, 0.1) is 0 Å². The molecule has 14 heavy (non-hydrogen) atoms. The summed E-state index contributed by atoms with van der Waals surface area (Å²) < 4.78 is 0.